The molecule has 0 aliphatic heterocycles. The molecule has 0 saturated heterocycles. The smallest absolute Gasteiger partial charge is 0.339 e. The van der Waals surface area contributed by atoms with Gasteiger partial charge in [0, 0.05) is 23.7 Å². The van der Waals surface area contributed by atoms with Crippen molar-refractivity contribution in [3.8, 4) is 17.2 Å². The van der Waals surface area contributed by atoms with E-state index in [0.29, 0.717) is 33.1 Å². The van der Waals surface area contributed by atoms with E-state index in [0.717, 1.165) is 0 Å². The van der Waals surface area contributed by atoms with Gasteiger partial charge in [-0.1, -0.05) is 11.6 Å². The van der Waals surface area contributed by atoms with Gasteiger partial charge in [0.1, 0.15) is 22.8 Å². The van der Waals surface area contributed by atoms with Crippen LogP contribution in [-0.4, -0.2) is 30.2 Å². The number of aromatic nitrogens is 1. The molecule has 1 heterocycles. The summed E-state index contributed by atoms with van der Waals surface area (Å²) in [6.07, 6.45) is 1.57. The lowest BCUT2D eigenvalue weighted by Gasteiger charge is -2.12. The Labute approximate surface area is 155 Å². The van der Waals surface area contributed by atoms with Gasteiger partial charge in [0.2, 0.25) is 0 Å². The van der Waals surface area contributed by atoms with Gasteiger partial charge in [-0.05, 0) is 31.3 Å². The van der Waals surface area contributed by atoms with Crippen LogP contribution in [0.15, 0.2) is 42.6 Å². The second-order valence-corrected chi connectivity index (χ2v) is 5.38. The van der Waals surface area contributed by atoms with Gasteiger partial charge in [0.25, 0.3) is 0 Å². The van der Waals surface area contributed by atoms with Crippen LogP contribution in [-0.2, 0) is 0 Å². The van der Waals surface area contributed by atoms with E-state index in [4.69, 9.17) is 26.8 Å². The fourth-order valence-corrected chi connectivity index (χ4v) is 2.44. The zero-order chi connectivity index (χ0) is 19.3. The molecule has 0 amide bonds. The molecule has 0 atom stereocenters. The van der Waals surface area contributed by atoms with Crippen LogP contribution in [0, 0.1) is 0 Å². The van der Waals surface area contributed by atoms with E-state index in [1.807, 2.05) is 0 Å². The number of anilines is 1. The zero-order valence-electron chi connectivity index (χ0n) is 14.2. The van der Waals surface area contributed by atoms with E-state index in [-0.39, 0.29) is 11.3 Å². The van der Waals surface area contributed by atoms with Gasteiger partial charge in [0.15, 0.2) is 0 Å². The lowest BCUT2D eigenvalue weighted by molar-refractivity contribution is 0.0693. The molecule has 0 unspecified atom stereocenters. The molecule has 136 valence electrons. The first-order valence-electron chi connectivity index (χ1n) is 7.50. The van der Waals surface area contributed by atoms with Crippen LogP contribution in [0.4, 0.5) is 5.69 Å². The topological polar surface area (TPSA) is 121 Å². The van der Waals surface area contributed by atoms with Crippen LogP contribution in [0.5, 0.6) is 17.2 Å². The second kappa shape index (κ2) is 8.37. The largest absolute Gasteiger partial charge is 0.496 e. The first-order valence-corrected chi connectivity index (χ1v) is 7.88. The fourth-order valence-electron chi connectivity index (χ4n) is 2.27. The number of ether oxygens (including phenoxy) is 2. The van der Waals surface area contributed by atoms with Crippen LogP contribution in [0.1, 0.15) is 10.4 Å². The van der Waals surface area contributed by atoms with Gasteiger partial charge in [-0.15, -0.1) is 0 Å². The number of benzene rings is 2. The Bertz CT molecular complexity index is 947. The van der Waals surface area contributed by atoms with Gasteiger partial charge in [-0.3, -0.25) is 4.98 Å². The Morgan fingerprint density at radius 1 is 1.15 bits per heavy atom. The van der Waals surface area contributed by atoms with Gasteiger partial charge in [-0.25, -0.2) is 4.79 Å². The highest BCUT2D eigenvalue weighted by atomic mass is 35.5. The summed E-state index contributed by atoms with van der Waals surface area (Å²) in [5, 5.41) is 10.3. The minimum atomic E-state index is -1.10. The first-order chi connectivity index (χ1) is 12.5. The van der Waals surface area contributed by atoms with E-state index in [2.05, 4.69) is 10.7 Å². The Kier molecular flexibility index (Phi) is 6.21. The average molecular weight is 376 g/mol. The third kappa shape index (κ3) is 3.96. The van der Waals surface area contributed by atoms with Crippen LogP contribution >= 0.6 is 11.6 Å². The van der Waals surface area contributed by atoms with Crippen LogP contribution in [0.2, 0.25) is 5.02 Å². The monoisotopic (exact) mass is 375 g/mol. The summed E-state index contributed by atoms with van der Waals surface area (Å²) in [4.78, 5) is 15.6. The molecule has 5 N–H and O–H groups in total. The lowest BCUT2D eigenvalue weighted by atomic mass is 10.1. The summed E-state index contributed by atoms with van der Waals surface area (Å²) in [5.41, 5.74) is 11.2. The van der Waals surface area contributed by atoms with Crippen molar-refractivity contribution in [1.82, 2.24) is 4.98 Å². The number of fused-ring (bicyclic) bond motifs is 1. The predicted octanol–water partition coefficient (Wildman–Crippen LogP) is 3.54. The van der Waals surface area contributed by atoms with Crippen molar-refractivity contribution >= 4 is 34.2 Å². The van der Waals surface area contributed by atoms with E-state index >= 15 is 0 Å². The summed E-state index contributed by atoms with van der Waals surface area (Å²) in [6, 6.07) is 9.57. The molecule has 0 saturated carbocycles. The number of carboxylic acid groups (broad SMARTS) is 1. The third-order valence-electron chi connectivity index (χ3n) is 3.45. The number of pyridine rings is 1. The van der Waals surface area contributed by atoms with Crippen LogP contribution in [0.3, 0.4) is 0 Å². The van der Waals surface area contributed by atoms with Crippen molar-refractivity contribution in [2.45, 2.75) is 0 Å². The number of rotatable bonds is 4. The van der Waals surface area contributed by atoms with Gasteiger partial charge in [0.05, 0.1) is 23.3 Å². The van der Waals surface area contributed by atoms with E-state index in [9.17, 15) is 9.90 Å². The molecular formula is C18H18ClN3O4. The molecule has 0 bridgehead atoms. The normalized spacial score (nSPS) is 10.0. The Hall–Kier alpha value is -3.03. The minimum Gasteiger partial charge on any atom is -0.496 e. The van der Waals surface area contributed by atoms with Gasteiger partial charge >= 0.3 is 5.97 Å². The first kappa shape index (κ1) is 19.3. The van der Waals surface area contributed by atoms with Crippen molar-refractivity contribution < 1.29 is 19.4 Å². The number of hydrogen-bond acceptors (Lipinski definition) is 6. The number of nitrogens with zero attached hydrogens (tertiary/aromatic N) is 1. The van der Waals surface area contributed by atoms with E-state index < -0.39 is 5.97 Å². The van der Waals surface area contributed by atoms with Crippen LogP contribution in [0.25, 0.3) is 10.9 Å². The maximum Gasteiger partial charge on any atom is 0.339 e. The molecule has 0 spiro atoms. The van der Waals surface area contributed by atoms with E-state index in [1.54, 1.807) is 36.5 Å². The average Bonchev–Trinajstić information content (AvgIpc) is 2.65. The number of nitrogens with two attached hydrogens (primary N) is 2. The number of hydrogen-bond donors (Lipinski definition) is 3. The number of carbonyl (C=O) groups is 1. The third-order valence-corrected chi connectivity index (χ3v) is 3.78. The molecule has 0 radical (unpaired) electrons. The molecule has 7 nitrogen and oxygen atoms in total. The molecule has 8 heteroatoms. The number of carboxylic acids is 1. The standard InChI is InChI=1S/C17H13ClN2O4.CH5N/c1-23-16-8-14-10(7-11(16)17(21)22)15(4-5-20-14)24-9-2-3-13(19)12(18)6-9;1-2/h2-8H,19H2,1H3,(H,21,22);2H2,1H3. The highest BCUT2D eigenvalue weighted by molar-refractivity contribution is 6.33. The molecule has 3 rings (SSSR count). The van der Waals surface area contributed by atoms with Crippen molar-refractivity contribution in [3.05, 3.63) is 53.2 Å². The summed E-state index contributed by atoms with van der Waals surface area (Å²) < 4.78 is 10.9. The maximum atomic E-state index is 11.4. The highest BCUT2D eigenvalue weighted by Crippen LogP contribution is 2.34. The summed E-state index contributed by atoms with van der Waals surface area (Å²) in [7, 11) is 2.91. The molecule has 26 heavy (non-hydrogen) atoms. The summed E-state index contributed by atoms with van der Waals surface area (Å²) in [6.45, 7) is 0. The Morgan fingerprint density at radius 3 is 2.50 bits per heavy atom. The van der Waals surface area contributed by atoms with Crippen molar-refractivity contribution in [1.29, 1.82) is 0 Å². The zero-order valence-corrected chi connectivity index (χ0v) is 14.9. The Balaban J connectivity index is 0.00000117. The lowest BCUT2D eigenvalue weighted by Crippen LogP contribution is -2.01. The fraction of sp³-hybridized carbons (Fsp3) is 0.111. The van der Waals surface area contributed by atoms with Gasteiger partial charge < -0.3 is 26.0 Å². The molecule has 0 aliphatic rings. The SMILES string of the molecule is CN.COc1cc2nccc(Oc3ccc(N)c(Cl)c3)c2cc1C(=O)O. The van der Waals surface area contributed by atoms with Crippen molar-refractivity contribution in [3.63, 3.8) is 0 Å². The number of halogens is 1. The Morgan fingerprint density at radius 2 is 1.88 bits per heavy atom. The number of aromatic carboxylic acids is 1. The van der Waals surface area contributed by atoms with Crippen molar-refractivity contribution in [2.75, 3.05) is 19.9 Å². The number of methoxy groups -OCH3 is 1. The molecule has 0 fully saturated rings. The molecular weight excluding hydrogens is 358 g/mol. The molecule has 3 aromatic rings. The second-order valence-electron chi connectivity index (χ2n) is 4.97. The summed E-state index contributed by atoms with van der Waals surface area (Å²) >= 11 is 5.99. The molecule has 2 aromatic carbocycles. The number of nitrogen functional groups attached to an aromatic ring is 1. The minimum absolute atomic E-state index is 0.0261. The molecule has 1 aromatic heterocycles. The predicted molar refractivity (Wildman–Crippen MR) is 101 cm³/mol. The maximum absolute atomic E-state index is 11.4. The van der Waals surface area contributed by atoms with Crippen molar-refractivity contribution in [2.24, 2.45) is 5.73 Å². The van der Waals surface area contributed by atoms with Gasteiger partial charge in [-0.2, -0.15) is 0 Å². The highest BCUT2D eigenvalue weighted by Gasteiger charge is 2.15. The molecule has 0 aliphatic carbocycles. The summed E-state index contributed by atoms with van der Waals surface area (Å²) in [5.74, 6) is 0.0645. The van der Waals surface area contributed by atoms with E-state index in [1.165, 1.54) is 20.2 Å². The quantitative estimate of drug-likeness (QED) is 0.596. The van der Waals surface area contributed by atoms with Crippen LogP contribution < -0.4 is 20.9 Å².